The van der Waals surface area contributed by atoms with E-state index in [1.54, 1.807) is 12.4 Å². The molecule has 0 saturated carbocycles. The molecule has 3 heterocycles. The molecule has 0 amide bonds. The lowest BCUT2D eigenvalue weighted by Crippen LogP contribution is -2.38. The van der Waals surface area contributed by atoms with Gasteiger partial charge in [-0.1, -0.05) is 6.42 Å². The number of rotatable bonds is 5. The molecule has 0 radical (unpaired) electrons. The standard InChI is InChI=1S/C18H23N5O2/c1-22(2)18-20-11-14(13-6-8-19-9-7-13)17(21-18)15-5-3-4-10-23(15)12-16(24)25/h6-9,11,15H,3-5,10,12H2,1-2H3,(H,24,25)/t15-/m0/s1. The molecule has 132 valence electrons. The van der Waals surface area contributed by atoms with E-state index in [9.17, 15) is 9.90 Å². The number of carboxylic acids is 1. The van der Waals surface area contributed by atoms with Gasteiger partial charge >= 0.3 is 5.97 Å². The monoisotopic (exact) mass is 341 g/mol. The van der Waals surface area contributed by atoms with Gasteiger partial charge in [-0.3, -0.25) is 14.7 Å². The topological polar surface area (TPSA) is 82.5 Å². The largest absolute Gasteiger partial charge is 0.480 e. The predicted octanol–water partition coefficient (Wildman–Crippen LogP) is 2.22. The fourth-order valence-electron chi connectivity index (χ4n) is 3.27. The summed E-state index contributed by atoms with van der Waals surface area (Å²) in [6.07, 6.45) is 8.30. The normalized spacial score (nSPS) is 18.1. The first-order valence-electron chi connectivity index (χ1n) is 8.47. The first-order valence-corrected chi connectivity index (χ1v) is 8.47. The third-order valence-electron chi connectivity index (χ3n) is 4.46. The average molecular weight is 341 g/mol. The molecule has 0 aliphatic carbocycles. The second kappa shape index (κ2) is 7.57. The molecule has 2 aromatic rings. The maximum atomic E-state index is 11.3. The molecule has 25 heavy (non-hydrogen) atoms. The van der Waals surface area contributed by atoms with E-state index in [2.05, 4.69) is 9.97 Å². The number of aromatic nitrogens is 3. The van der Waals surface area contributed by atoms with Crippen molar-refractivity contribution in [2.24, 2.45) is 0 Å². The Morgan fingerprint density at radius 2 is 2.08 bits per heavy atom. The van der Waals surface area contributed by atoms with Crippen molar-refractivity contribution in [3.05, 3.63) is 36.4 Å². The van der Waals surface area contributed by atoms with E-state index in [4.69, 9.17) is 4.98 Å². The van der Waals surface area contributed by atoms with Crippen molar-refractivity contribution in [1.29, 1.82) is 0 Å². The van der Waals surface area contributed by atoms with Gasteiger partial charge in [-0.15, -0.1) is 0 Å². The molecule has 1 N–H and O–H groups in total. The number of carboxylic acid groups (broad SMARTS) is 1. The Labute approximate surface area is 147 Å². The average Bonchev–Trinajstić information content (AvgIpc) is 2.62. The molecule has 0 unspecified atom stereocenters. The van der Waals surface area contributed by atoms with E-state index in [1.165, 1.54) is 0 Å². The highest BCUT2D eigenvalue weighted by molar-refractivity contribution is 5.70. The van der Waals surface area contributed by atoms with Crippen LogP contribution in [-0.4, -0.2) is 58.1 Å². The van der Waals surface area contributed by atoms with Crippen molar-refractivity contribution in [1.82, 2.24) is 19.9 Å². The van der Waals surface area contributed by atoms with E-state index < -0.39 is 5.97 Å². The van der Waals surface area contributed by atoms with Crippen molar-refractivity contribution < 1.29 is 9.90 Å². The van der Waals surface area contributed by atoms with Gasteiger partial charge in [0, 0.05) is 38.2 Å². The van der Waals surface area contributed by atoms with Crippen LogP contribution >= 0.6 is 0 Å². The van der Waals surface area contributed by atoms with Crippen LogP contribution in [0, 0.1) is 0 Å². The number of likely N-dealkylation sites (tertiary alicyclic amines) is 1. The van der Waals surface area contributed by atoms with E-state index >= 15 is 0 Å². The smallest absolute Gasteiger partial charge is 0.317 e. The van der Waals surface area contributed by atoms with Crippen LogP contribution in [0.1, 0.15) is 31.0 Å². The van der Waals surface area contributed by atoms with Crippen LogP contribution in [0.3, 0.4) is 0 Å². The predicted molar refractivity (Wildman–Crippen MR) is 95.4 cm³/mol. The minimum atomic E-state index is -0.806. The Balaban J connectivity index is 2.07. The van der Waals surface area contributed by atoms with Crippen molar-refractivity contribution in [2.75, 3.05) is 32.1 Å². The Bertz CT molecular complexity index is 736. The van der Waals surface area contributed by atoms with Gasteiger partial charge in [0.1, 0.15) is 0 Å². The molecule has 1 saturated heterocycles. The van der Waals surface area contributed by atoms with E-state index in [0.29, 0.717) is 5.95 Å². The van der Waals surface area contributed by atoms with Gasteiger partial charge in [0.15, 0.2) is 0 Å². The number of hydrogen-bond acceptors (Lipinski definition) is 6. The van der Waals surface area contributed by atoms with Crippen LogP contribution in [0.25, 0.3) is 11.1 Å². The van der Waals surface area contributed by atoms with Gasteiger partial charge in [0.2, 0.25) is 5.95 Å². The minimum absolute atomic E-state index is 0.0188. The molecule has 0 spiro atoms. The lowest BCUT2D eigenvalue weighted by molar-refractivity contribution is -0.139. The van der Waals surface area contributed by atoms with Crippen LogP contribution in [0.2, 0.25) is 0 Å². The SMILES string of the molecule is CN(C)c1ncc(-c2ccncc2)c([C@@H]2CCCCN2CC(=O)O)n1. The summed E-state index contributed by atoms with van der Waals surface area (Å²) >= 11 is 0. The summed E-state index contributed by atoms with van der Waals surface area (Å²) in [5.74, 6) is -0.173. The number of piperidine rings is 1. The summed E-state index contributed by atoms with van der Waals surface area (Å²) in [4.78, 5) is 28.5. The minimum Gasteiger partial charge on any atom is -0.480 e. The fraction of sp³-hybridized carbons (Fsp3) is 0.444. The molecule has 1 aliphatic heterocycles. The maximum Gasteiger partial charge on any atom is 0.317 e. The number of anilines is 1. The molecular formula is C18H23N5O2. The van der Waals surface area contributed by atoms with Crippen LogP contribution in [0.5, 0.6) is 0 Å². The summed E-state index contributed by atoms with van der Waals surface area (Å²) in [7, 11) is 3.81. The van der Waals surface area contributed by atoms with Crippen LogP contribution in [-0.2, 0) is 4.79 Å². The molecule has 2 aromatic heterocycles. The number of pyridine rings is 1. The second-order valence-electron chi connectivity index (χ2n) is 6.48. The highest BCUT2D eigenvalue weighted by Gasteiger charge is 2.29. The van der Waals surface area contributed by atoms with E-state index in [1.807, 2.05) is 42.2 Å². The van der Waals surface area contributed by atoms with Crippen molar-refractivity contribution in [3.8, 4) is 11.1 Å². The van der Waals surface area contributed by atoms with Gasteiger partial charge in [-0.05, 0) is 37.1 Å². The third kappa shape index (κ3) is 3.93. The Morgan fingerprint density at radius 3 is 2.76 bits per heavy atom. The first-order chi connectivity index (χ1) is 12.1. The van der Waals surface area contributed by atoms with Gasteiger partial charge < -0.3 is 10.0 Å². The zero-order chi connectivity index (χ0) is 17.8. The highest BCUT2D eigenvalue weighted by Crippen LogP contribution is 2.35. The number of aliphatic carboxylic acids is 1. The zero-order valence-electron chi connectivity index (χ0n) is 14.6. The molecular weight excluding hydrogens is 318 g/mol. The molecule has 0 aromatic carbocycles. The molecule has 1 atom stereocenters. The molecule has 7 nitrogen and oxygen atoms in total. The molecule has 7 heteroatoms. The third-order valence-corrected chi connectivity index (χ3v) is 4.46. The number of nitrogens with zero attached hydrogens (tertiary/aromatic N) is 5. The quantitative estimate of drug-likeness (QED) is 0.893. The van der Waals surface area contributed by atoms with E-state index in [0.717, 1.165) is 42.6 Å². The lowest BCUT2D eigenvalue weighted by Gasteiger charge is -2.35. The van der Waals surface area contributed by atoms with Crippen LogP contribution in [0.15, 0.2) is 30.7 Å². The highest BCUT2D eigenvalue weighted by atomic mass is 16.4. The Hall–Kier alpha value is -2.54. The second-order valence-corrected chi connectivity index (χ2v) is 6.48. The van der Waals surface area contributed by atoms with Crippen molar-refractivity contribution >= 4 is 11.9 Å². The van der Waals surface area contributed by atoms with Gasteiger partial charge in [0.25, 0.3) is 0 Å². The summed E-state index contributed by atoms with van der Waals surface area (Å²) < 4.78 is 0. The maximum absolute atomic E-state index is 11.3. The van der Waals surface area contributed by atoms with E-state index in [-0.39, 0.29) is 12.6 Å². The molecule has 1 fully saturated rings. The van der Waals surface area contributed by atoms with Crippen LogP contribution in [0.4, 0.5) is 5.95 Å². The van der Waals surface area contributed by atoms with Gasteiger partial charge in [0.05, 0.1) is 18.3 Å². The van der Waals surface area contributed by atoms with Crippen molar-refractivity contribution in [2.45, 2.75) is 25.3 Å². The number of carbonyl (C=O) groups is 1. The summed E-state index contributed by atoms with van der Waals surface area (Å²) in [5.41, 5.74) is 2.83. The fourth-order valence-corrected chi connectivity index (χ4v) is 3.27. The Morgan fingerprint density at radius 1 is 1.32 bits per heavy atom. The van der Waals surface area contributed by atoms with Crippen LogP contribution < -0.4 is 4.90 Å². The zero-order valence-corrected chi connectivity index (χ0v) is 14.6. The van der Waals surface area contributed by atoms with Crippen molar-refractivity contribution in [3.63, 3.8) is 0 Å². The summed E-state index contributed by atoms with van der Waals surface area (Å²) in [6, 6.07) is 3.85. The van der Waals surface area contributed by atoms with Gasteiger partial charge in [-0.25, -0.2) is 9.97 Å². The summed E-state index contributed by atoms with van der Waals surface area (Å²) in [6.45, 7) is 0.801. The Kier molecular flexibility index (Phi) is 5.23. The number of hydrogen-bond donors (Lipinski definition) is 1. The van der Waals surface area contributed by atoms with Gasteiger partial charge in [-0.2, -0.15) is 0 Å². The molecule has 3 rings (SSSR count). The molecule has 1 aliphatic rings. The summed E-state index contributed by atoms with van der Waals surface area (Å²) in [5, 5.41) is 9.27. The molecule has 0 bridgehead atoms. The lowest BCUT2D eigenvalue weighted by atomic mass is 9.94. The first kappa shape index (κ1) is 17.3.